The number of hydrogen-bond donors (Lipinski definition) is 0. The number of thiazole rings is 1. The van der Waals surface area contributed by atoms with Crippen molar-refractivity contribution in [1.29, 1.82) is 0 Å². The van der Waals surface area contributed by atoms with E-state index in [2.05, 4.69) is 6.07 Å². The van der Waals surface area contributed by atoms with Crippen molar-refractivity contribution < 1.29 is 13.2 Å². The van der Waals surface area contributed by atoms with Crippen LogP contribution in [0.4, 0.5) is 5.13 Å². The molecule has 7 nitrogen and oxygen atoms in total. The molecule has 1 atom stereocenters. The number of anilines is 1. The molecule has 1 fully saturated rings. The van der Waals surface area contributed by atoms with Crippen molar-refractivity contribution in [1.82, 2.24) is 14.2 Å². The molecular weight excluding hydrogens is 500 g/mol. The Bertz CT molecular complexity index is 1290. The standard InChI is InChI=1S/C22H27ClN4O3S3/c1-14-7-8-17-20(15(14)2)24-22(31-17)26(13-12-25(3)4)21(28)16-6-5-11-27(16)33(29,30)19-10-9-18(23)32-19/h7-10,16H,5-6,11-13H2,1-4H3. The van der Waals surface area contributed by atoms with Crippen LogP contribution >= 0.6 is 34.3 Å². The lowest BCUT2D eigenvalue weighted by Crippen LogP contribution is -2.49. The Morgan fingerprint density at radius 1 is 1.18 bits per heavy atom. The maximum absolute atomic E-state index is 13.8. The van der Waals surface area contributed by atoms with Gasteiger partial charge in [-0.3, -0.25) is 9.69 Å². The Balaban J connectivity index is 1.70. The van der Waals surface area contributed by atoms with Crippen LogP contribution in [0.5, 0.6) is 0 Å². The van der Waals surface area contributed by atoms with Crippen molar-refractivity contribution in [3.63, 3.8) is 0 Å². The van der Waals surface area contributed by atoms with Crippen LogP contribution in [-0.2, 0) is 14.8 Å². The number of benzene rings is 1. The van der Waals surface area contributed by atoms with E-state index in [4.69, 9.17) is 16.6 Å². The van der Waals surface area contributed by atoms with Crippen LogP contribution in [0, 0.1) is 13.8 Å². The number of carbonyl (C=O) groups is 1. The summed E-state index contributed by atoms with van der Waals surface area (Å²) in [5, 5.41) is 0.606. The summed E-state index contributed by atoms with van der Waals surface area (Å²) in [5.74, 6) is -0.228. The molecule has 1 aromatic carbocycles. The Kier molecular flexibility index (Phi) is 7.14. The highest BCUT2D eigenvalue weighted by atomic mass is 35.5. The van der Waals surface area contributed by atoms with Gasteiger partial charge in [0.05, 0.1) is 14.6 Å². The van der Waals surface area contributed by atoms with E-state index < -0.39 is 16.1 Å². The number of hydrogen-bond acceptors (Lipinski definition) is 7. The van der Waals surface area contributed by atoms with Gasteiger partial charge in [-0.25, -0.2) is 13.4 Å². The van der Waals surface area contributed by atoms with Crippen molar-refractivity contribution in [3.05, 3.63) is 39.7 Å². The molecule has 1 saturated heterocycles. The van der Waals surface area contributed by atoms with Crippen LogP contribution in [0.15, 0.2) is 28.5 Å². The highest BCUT2D eigenvalue weighted by Crippen LogP contribution is 2.36. The average molecular weight is 527 g/mol. The highest BCUT2D eigenvalue weighted by molar-refractivity contribution is 7.91. The smallest absolute Gasteiger partial charge is 0.253 e. The van der Waals surface area contributed by atoms with Gasteiger partial charge in [-0.1, -0.05) is 29.0 Å². The van der Waals surface area contributed by atoms with Crippen LogP contribution in [0.3, 0.4) is 0 Å². The SMILES string of the molecule is Cc1ccc2sc(N(CCN(C)C)C(=O)C3CCCN3S(=O)(=O)c3ccc(Cl)s3)nc2c1C. The van der Waals surface area contributed by atoms with E-state index in [1.807, 2.05) is 38.9 Å². The first-order valence-electron chi connectivity index (χ1n) is 10.7. The fourth-order valence-electron chi connectivity index (χ4n) is 3.94. The van der Waals surface area contributed by atoms with Crippen molar-refractivity contribution in [2.24, 2.45) is 0 Å². The number of amides is 1. The van der Waals surface area contributed by atoms with Gasteiger partial charge in [0, 0.05) is 19.6 Å². The third kappa shape index (κ3) is 4.82. The van der Waals surface area contributed by atoms with Gasteiger partial charge in [-0.05, 0) is 70.1 Å². The Hall–Kier alpha value is -1.56. The molecule has 0 spiro atoms. The van der Waals surface area contributed by atoms with Crippen LogP contribution in [-0.4, -0.2) is 68.3 Å². The summed E-state index contributed by atoms with van der Waals surface area (Å²) >= 11 is 8.47. The molecule has 1 unspecified atom stereocenters. The number of halogens is 1. The van der Waals surface area contributed by atoms with Gasteiger partial charge < -0.3 is 4.90 Å². The molecule has 1 aliphatic heterocycles. The lowest BCUT2D eigenvalue weighted by Gasteiger charge is -2.29. The van der Waals surface area contributed by atoms with E-state index in [0.717, 1.165) is 32.7 Å². The number of aromatic nitrogens is 1. The summed E-state index contributed by atoms with van der Waals surface area (Å²) in [7, 11) is 0.0881. The third-order valence-electron chi connectivity index (χ3n) is 5.94. The fraction of sp³-hybridized carbons (Fsp3) is 0.455. The molecule has 0 radical (unpaired) electrons. The molecular formula is C22H27ClN4O3S3. The minimum absolute atomic E-state index is 0.165. The minimum Gasteiger partial charge on any atom is -0.308 e. The molecule has 3 aromatic rings. The van der Waals surface area contributed by atoms with E-state index in [9.17, 15) is 13.2 Å². The summed E-state index contributed by atoms with van der Waals surface area (Å²) in [4.78, 5) is 22.3. The van der Waals surface area contributed by atoms with Crippen LogP contribution in [0.25, 0.3) is 10.2 Å². The van der Waals surface area contributed by atoms with E-state index in [-0.39, 0.29) is 10.1 Å². The molecule has 33 heavy (non-hydrogen) atoms. The Labute approximate surface area is 207 Å². The average Bonchev–Trinajstić information content (AvgIpc) is 3.50. The maximum atomic E-state index is 13.8. The Morgan fingerprint density at radius 3 is 2.61 bits per heavy atom. The second-order valence-electron chi connectivity index (χ2n) is 8.48. The number of rotatable bonds is 7. The van der Waals surface area contributed by atoms with Gasteiger partial charge in [-0.2, -0.15) is 4.31 Å². The minimum atomic E-state index is -3.80. The summed E-state index contributed by atoms with van der Waals surface area (Å²) in [6.45, 7) is 5.46. The van der Waals surface area contributed by atoms with Gasteiger partial charge in [0.25, 0.3) is 10.0 Å². The molecule has 0 bridgehead atoms. The molecule has 3 heterocycles. The van der Waals surface area contributed by atoms with Crippen molar-refractivity contribution >= 4 is 65.6 Å². The number of thiophene rings is 1. The van der Waals surface area contributed by atoms with E-state index in [0.29, 0.717) is 41.9 Å². The summed E-state index contributed by atoms with van der Waals surface area (Å²) < 4.78 is 29.5. The first-order valence-corrected chi connectivity index (χ1v) is 14.1. The van der Waals surface area contributed by atoms with Crippen LogP contribution in [0.1, 0.15) is 24.0 Å². The summed E-state index contributed by atoms with van der Waals surface area (Å²) in [6.07, 6.45) is 1.12. The monoisotopic (exact) mass is 526 g/mol. The normalized spacial score (nSPS) is 17.3. The van der Waals surface area contributed by atoms with E-state index >= 15 is 0 Å². The Morgan fingerprint density at radius 2 is 1.94 bits per heavy atom. The lowest BCUT2D eigenvalue weighted by atomic mass is 10.1. The number of sulfonamides is 1. The molecule has 1 aliphatic rings. The highest BCUT2D eigenvalue weighted by Gasteiger charge is 2.42. The number of carbonyl (C=O) groups excluding carboxylic acids is 1. The van der Waals surface area contributed by atoms with Gasteiger partial charge >= 0.3 is 0 Å². The van der Waals surface area contributed by atoms with Gasteiger partial charge in [0.15, 0.2) is 5.13 Å². The summed E-state index contributed by atoms with van der Waals surface area (Å²) in [5.41, 5.74) is 3.13. The number of aryl methyl sites for hydroxylation is 2. The van der Waals surface area contributed by atoms with Gasteiger partial charge in [0.1, 0.15) is 10.3 Å². The van der Waals surface area contributed by atoms with E-state index in [1.165, 1.54) is 21.7 Å². The molecule has 0 saturated carbocycles. The molecule has 4 rings (SSSR count). The maximum Gasteiger partial charge on any atom is 0.253 e. The zero-order valence-electron chi connectivity index (χ0n) is 19.0. The molecule has 0 N–H and O–H groups in total. The summed E-state index contributed by atoms with van der Waals surface area (Å²) in [6, 6.07) is 6.40. The molecule has 11 heteroatoms. The molecule has 178 valence electrons. The largest absolute Gasteiger partial charge is 0.308 e. The molecule has 1 amide bonds. The second kappa shape index (κ2) is 9.59. The van der Waals surface area contributed by atoms with Gasteiger partial charge in [0.2, 0.25) is 5.91 Å². The topological polar surface area (TPSA) is 73.8 Å². The number of nitrogens with zero attached hydrogens (tertiary/aromatic N) is 4. The van der Waals surface area contributed by atoms with E-state index in [1.54, 1.807) is 11.0 Å². The first kappa shape index (κ1) is 24.6. The van der Waals surface area contributed by atoms with Crippen molar-refractivity contribution in [3.8, 4) is 0 Å². The predicted octanol–water partition coefficient (Wildman–Crippen LogP) is 4.38. The van der Waals surface area contributed by atoms with Crippen molar-refractivity contribution in [2.75, 3.05) is 38.6 Å². The predicted molar refractivity (Wildman–Crippen MR) is 136 cm³/mol. The zero-order chi connectivity index (χ0) is 23.9. The molecule has 2 aromatic heterocycles. The second-order valence-corrected chi connectivity index (χ2v) is 13.3. The first-order chi connectivity index (χ1) is 15.6. The van der Waals surface area contributed by atoms with Crippen LogP contribution < -0.4 is 4.90 Å². The third-order valence-corrected chi connectivity index (χ3v) is 10.6. The van der Waals surface area contributed by atoms with Crippen molar-refractivity contribution in [2.45, 2.75) is 36.9 Å². The van der Waals surface area contributed by atoms with Crippen LogP contribution in [0.2, 0.25) is 4.34 Å². The van der Waals surface area contributed by atoms with Gasteiger partial charge in [-0.15, -0.1) is 11.3 Å². The quantitative estimate of drug-likeness (QED) is 0.457. The zero-order valence-corrected chi connectivity index (χ0v) is 22.2. The number of likely N-dealkylation sites (N-methyl/N-ethyl adjacent to an activating group) is 1. The lowest BCUT2D eigenvalue weighted by molar-refractivity contribution is -0.121. The number of fused-ring (bicyclic) bond motifs is 1. The molecule has 0 aliphatic carbocycles. The fourth-order valence-corrected chi connectivity index (χ4v) is 8.26.